The Morgan fingerprint density at radius 3 is 2.40 bits per heavy atom. The second kappa shape index (κ2) is 5.70. The van der Waals surface area contributed by atoms with E-state index in [4.69, 9.17) is 10.5 Å². The zero-order chi connectivity index (χ0) is 12.1. The number of nitrogens with one attached hydrogen (secondary N) is 1. The molecule has 0 heterocycles. The van der Waals surface area contributed by atoms with Crippen molar-refractivity contribution in [3.05, 3.63) is 0 Å². The number of amides is 1. The molecule has 0 rings (SSSR count). The lowest BCUT2D eigenvalue weighted by Crippen LogP contribution is -2.44. The molecule has 0 aromatic heterocycles. The molecule has 1 atom stereocenters. The maximum Gasteiger partial charge on any atom is 0.328 e. The van der Waals surface area contributed by atoms with Gasteiger partial charge in [-0.05, 0) is 27.7 Å². The first-order valence-electron chi connectivity index (χ1n) is 5.01. The molecule has 0 saturated carbocycles. The average molecular weight is 216 g/mol. The van der Waals surface area contributed by atoms with Crippen molar-refractivity contribution in [1.29, 1.82) is 0 Å². The van der Waals surface area contributed by atoms with Crippen LogP contribution < -0.4 is 11.1 Å². The quantitative estimate of drug-likeness (QED) is 0.642. The highest BCUT2D eigenvalue weighted by Crippen LogP contribution is 2.03. The van der Waals surface area contributed by atoms with Crippen molar-refractivity contribution in [2.75, 3.05) is 6.61 Å². The molecule has 5 heteroatoms. The van der Waals surface area contributed by atoms with Gasteiger partial charge in [0.25, 0.3) is 0 Å². The molecule has 5 nitrogen and oxygen atoms in total. The zero-order valence-electron chi connectivity index (χ0n) is 9.79. The summed E-state index contributed by atoms with van der Waals surface area (Å²) < 4.78 is 4.75. The lowest BCUT2D eigenvalue weighted by Gasteiger charge is -2.19. The Balaban J connectivity index is 4.02. The molecule has 3 N–H and O–H groups in total. The monoisotopic (exact) mass is 216 g/mol. The van der Waals surface area contributed by atoms with E-state index < -0.39 is 17.6 Å². The Hall–Kier alpha value is -1.10. The van der Waals surface area contributed by atoms with Gasteiger partial charge in [-0.3, -0.25) is 4.79 Å². The molecule has 0 aromatic carbocycles. The number of hydrogen-bond acceptors (Lipinski definition) is 4. The van der Waals surface area contributed by atoms with E-state index in [0.29, 0.717) is 6.61 Å². The maximum absolute atomic E-state index is 11.4. The minimum Gasteiger partial charge on any atom is -0.464 e. The van der Waals surface area contributed by atoms with Gasteiger partial charge in [-0.25, -0.2) is 4.79 Å². The van der Waals surface area contributed by atoms with Gasteiger partial charge < -0.3 is 15.8 Å². The van der Waals surface area contributed by atoms with E-state index in [0.717, 1.165) is 0 Å². The van der Waals surface area contributed by atoms with Gasteiger partial charge in [-0.2, -0.15) is 0 Å². The van der Waals surface area contributed by atoms with Crippen LogP contribution in [0, 0.1) is 0 Å². The normalized spacial score (nSPS) is 13.1. The van der Waals surface area contributed by atoms with E-state index in [1.54, 1.807) is 27.7 Å². The Morgan fingerprint density at radius 1 is 1.47 bits per heavy atom. The first-order chi connectivity index (χ1) is 6.76. The molecule has 0 radical (unpaired) electrons. The molecule has 0 bridgehead atoms. The Labute approximate surface area is 90.4 Å². The third-order valence-corrected chi connectivity index (χ3v) is 1.63. The van der Waals surface area contributed by atoms with Gasteiger partial charge in [0.1, 0.15) is 6.04 Å². The number of ether oxygens (including phenoxy) is 1. The minimum absolute atomic E-state index is 0.177. The van der Waals surface area contributed by atoms with E-state index >= 15 is 0 Å². The van der Waals surface area contributed by atoms with Crippen molar-refractivity contribution in [1.82, 2.24) is 5.32 Å². The van der Waals surface area contributed by atoms with Gasteiger partial charge in [0, 0.05) is 12.0 Å². The fourth-order valence-corrected chi connectivity index (χ4v) is 1.03. The predicted molar refractivity (Wildman–Crippen MR) is 57.1 cm³/mol. The van der Waals surface area contributed by atoms with Crippen LogP contribution in [-0.4, -0.2) is 30.1 Å². The summed E-state index contributed by atoms with van der Waals surface area (Å²) in [5.41, 5.74) is 5.10. The fourth-order valence-electron chi connectivity index (χ4n) is 1.03. The van der Waals surface area contributed by atoms with E-state index in [-0.39, 0.29) is 12.3 Å². The van der Waals surface area contributed by atoms with Crippen LogP contribution in [0.15, 0.2) is 0 Å². The molecule has 0 spiro atoms. The van der Waals surface area contributed by atoms with Crippen LogP contribution in [0.25, 0.3) is 0 Å². The van der Waals surface area contributed by atoms with Crippen molar-refractivity contribution < 1.29 is 14.3 Å². The van der Waals surface area contributed by atoms with Gasteiger partial charge in [-0.1, -0.05) is 0 Å². The van der Waals surface area contributed by atoms with Crippen LogP contribution >= 0.6 is 0 Å². The molecular formula is C10H20N2O3. The summed E-state index contributed by atoms with van der Waals surface area (Å²) in [6, 6.07) is -0.625. The molecule has 1 unspecified atom stereocenters. The Kier molecular flexibility index (Phi) is 5.28. The summed E-state index contributed by atoms with van der Waals surface area (Å²) in [5.74, 6) is -0.677. The van der Waals surface area contributed by atoms with E-state index in [2.05, 4.69) is 5.32 Å². The van der Waals surface area contributed by atoms with Crippen LogP contribution in [0.1, 0.15) is 34.1 Å². The molecule has 0 aliphatic carbocycles. The highest BCUT2D eigenvalue weighted by atomic mass is 16.5. The second-order valence-corrected chi connectivity index (χ2v) is 4.21. The smallest absolute Gasteiger partial charge is 0.328 e. The number of rotatable bonds is 5. The van der Waals surface area contributed by atoms with E-state index in [1.165, 1.54) is 0 Å². The molecule has 0 aliphatic heterocycles. The number of nitrogens with two attached hydrogens (primary N) is 1. The molecular weight excluding hydrogens is 196 g/mol. The Bertz CT molecular complexity index is 233. The molecule has 1 amide bonds. The number of carbonyl (C=O) groups is 2. The van der Waals surface area contributed by atoms with Gasteiger partial charge in [0.05, 0.1) is 6.61 Å². The van der Waals surface area contributed by atoms with Crippen LogP contribution in [0.4, 0.5) is 0 Å². The zero-order valence-corrected chi connectivity index (χ0v) is 9.79. The maximum atomic E-state index is 11.4. The van der Waals surface area contributed by atoms with Gasteiger partial charge in [0.2, 0.25) is 5.91 Å². The summed E-state index contributed by atoms with van der Waals surface area (Å²) in [5, 5.41) is 2.53. The standard InChI is InChI=1S/C10H20N2O3/c1-5-15-9(14)7(2)12-8(13)6-10(3,4)11/h7H,5-6,11H2,1-4H3,(H,12,13). The summed E-state index contributed by atoms with van der Waals surface area (Å²) in [6.45, 7) is 7.11. The number of esters is 1. The van der Waals surface area contributed by atoms with Gasteiger partial charge in [0.15, 0.2) is 0 Å². The lowest BCUT2D eigenvalue weighted by atomic mass is 10.0. The summed E-state index contributed by atoms with van der Waals surface area (Å²) in [6.07, 6.45) is 0.177. The van der Waals surface area contributed by atoms with Crippen molar-refractivity contribution in [2.45, 2.75) is 45.7 Å². The predicted octanol–water partition coefficient (Wildman–Crippen LogP) is 0.182. The largest absolute Gasteiger partial charge is 0.464 e. The molecule has 88 valence electrons. The lowest BCUT2D eigenvalue weighted by molar-refractivity contribution is -0.147. The third kappa shape index (κ3) is 6.90. The van der Waals surface area contributed by atoms with Crippen LogP contribution in [-0.2, 0) is 14.3 Å². The van der Waals surface area contributed by atoms with Gasteiger partial charge in [-0.15, -0.1) is 0 Å². The highest BCUT2D eigenvalue weighted by Gasteiger charge is 2.20. The van der Waals surface area contributed by atoms with Crippen LogP contribution in [0.3, 0.4) is 0 Å². The second-order valence-electron chi connectivity index (χ2n) is 4.21. The van der Waals surface area contributed by atoms with E-state index in [9.17, 15) is 9.59 Å². The topological polar surface area (TPSA) is 81.4 Å². The first-order valence-corrected chi connectivity index (χ1v) is 5.01. The summed E-state index contributed by atoms with van der Waals surface area (Å²) >= 11 is 0. The van der Waals surface area contributed by atoms with Crippen molar-refractivity contribution >= 4 is 11.9 Å². The van der Waals surface area contributed by atoms with Gasteiger partial charge >= 0.3 is 5.97 Å². The molecule has 0 fully saturated rings. The minimum atomic E-state index is -0.625. The summed E-state index contributed by atoms with van der Waals surface area (Å²) in [4.78, 5) is 22.6. The molecule has 0 aromatic rings. The van der Waals surface area contributed by atoms with Crippen molar-refractivity contribution in [3.8, 4) is 0 Å². The third-order valence-electron chi connectivity index (χ3n) is 1.63. The fraction of sp³-hybridized carbons (Fsp3) is 0.800. The molecule has 15 heavy (non-hydrogen) atoms. The summed E-state index contributed by atoms with van der Waals surface area (Å²) in [7, 11) is 0. The highest BCUT2D eigenvalue weighted by molar-refractivity contribution is 5.84. The number of carbonyl (C=O) groups excluding carboxylic acids is 2. The van der Waals surface area contributed by atoms with Crippen LogP contribution in [0.5, 0.6) is 0 Å². The molecule has 0 aliphatic rings. The van der Waals surface area contributed by atoms with E-state index in [1.807, 2.05) is 0 Å². The average Bonchev–Trinajstić information content (AvgIpc) is 2.00. The molecule has 0 saturated heterocycles. The van der Waals surface area contributed by atoms with Crippen LogP contribution in [0.2, 0.25) is 0 Å². The Morgan fingerprint density at radius 2 is 2.00 bits per heavy atom. The number of hydrogen-bond donors (Lipinski definition) is 2. The van der Waals surface area contributed by atoms with Crippen molar-refractivity contribution in [2.24, 2.45) is 5.73 Å². The van der Waals surface area contributed by atoms with Crippen molar-refractivity contribution in [3.63, 3.8) is 0 Å². The SMILES string of the molecule is CCOC(=O)C(C)NC(=O)CC(C)(C)N. The first kappa shape index (κ1) is 13.9.